The molecule has 0 aliphatic rings. The van der Waals surface area contributed by atoms with Crippen LogP contribution < -0.4 is 4.74 Å². The molecular weight excluding hydrogens is 288 g/mol. The van der Waals surface area contributed by atoms with E-state index in [0.717, 1.165) is 16.7 Å². The molecule has 2 heterocycles. The summed E-state index contributed by atoms with van der Waals surface area (Å²) in [7, 11) is 1.82. The van der Waals surface area contributed by atoms with E-state index in [2.05, 4.69) is 28.1 Å². The second-order valence-corrected chi connectivity index (χ2v) is 5.28. The summed E-state index contributed by atoms with van der Waals surface area (Å²) >= 11 is 6.15. The van der Waals surface area contributed by atoms with Gasteiger partial charge in [-0.1, -0.05) is 23.7 Å². The van der Waals surface area contributed by atoms with E-state index in [1.165, 1.54) is 5.56 Å². The van der Waals surface area contributed by atoms with Crippen molar-refractivity contribution in [3.05, 3.63) is 46.5 Å². The summed E-state index contributed by atoms with van der Waals surface area (Å²) in [5, 5.41) is 5.27. The molecule has 0 fully saturated rings. The molecule has 0 saturated carbocycles. The first kappa shape index (κ1) is 13.8. The van der Waals surface area contributed by atoms with E-state index in [4.69, 9.17) is 16.3 Å². The van der Waals surface area contributed by atoms with Crippen LogP contribution in [0.4, 0.5) is 0 Å². The molecule has 0 unspecified atom stereocenters. The maximum Gasteiger partial charge on any atom is 0.170 e. The highest BCUT2D eigenvalue weighted by molar-refractivity contribution is 6.33. The molecule has 21 heavy (non-hydrogen) atoms. The zero-order valence-electron chi connectivity index (χ0n) is 12.1. The molecule has 2 aromatic heterocycles. The number of ether oxygens (including phenoxy) is 1. The molecule has 3 aromatic rings. The number of fused-ring (bicyclic) bond motifs is 1. The number of halogens is 1. The first-order valence-electron chi connectivity index (χ1n) is 6.59. The van der Waals surface area contributed by atoms with Crippen molar-refractivity contribution in [2.45, 2.75) is 20.5 Å². The van der Waals surface area contributed by atoms with Gasteiger partial charge in [0.15, 0.2) is 11.5 Å². The molecule has 3 rings (SSSR count). The largest absolute Gasteiger partial charge is 0.485 e. The molecule has 1 aromatic carbocycles. The summed E-state index contributed by atoms with van der Waals surface area (Å²) in [6.45, 7) is 4.35. The average molecular weight is 303 g/mol. The highest BCUT2D eigenvalue weighted by Gasteiger charge is 2.11. The van der Waals surface area contributed by atoms with Crippen molar-refractivity contribution in [1.29, 1.82) is 0 Å². The summed E-state index contributed by atoms with van der Waals surface area (Å²) in [6.07, 6.45) is 1.66. The molecule has 0 N–H and O–H groups in total. The average Bonchev–Trinajstić information content (AvgIpc) is 2.83. The smallest absolute Gasteiger partial charge is 0.170 e. The first-order valence-corrected chi connectivity index (χ1v) is 6.97. The minimum Gasteiger partial charge on any atom is -0.485 e. The topological polar surface area (TPSA) is 52.8 Å². The fraction of sp³-hybridized carbons (Fsp3) is 0.267. The zero-order valence-corrected chi connectivity index (χ0v) is 12.8. The summed E-state index contributed by atoms with van der Waals surface area (Å²) in [4.78, 5) is 8.70. The Balaban J connectivity index is 1.88. The molecule has 0 aliphatic heterocycles. The molecule has 108 valence electrons. The van der Waals surface area contributed by atoms with Crippen LogP contribution in [-0.4, -0.2) is 19.7 Å². The van der Waals surface area contributed by atoms with Gasteiger partial charge in [0, 0.05) is 7.05 Å². The molecule has 6 heteroatoms. The summed E-state index contributed by atoms with van der Waals surface area (Å²) in [6, 6.07) is 5.96. The van der Waals surface area contributed by atoms with Crippen LogP contribution in [0.5, 0.6) is 5.75 Å². The monoisotopic (exact) mass is 302 g/mol. The van der Waals surface area contributed by atoms with E-state index in [1.807, 2.05) is 26.1 Å². The van der Waals surface area contributed by atoms with Gasteiger partial charge in [0.05, 0.1) is 11.6 Å². The normalized spacial score (nSPS) is 11.0. The van der Waals surface area contributed by atoms with Crippen molar-refractivity contribution in [2.75, 3.05) is 0 Å². The van der Waals surface area contributed by atoms with E-state index in [-0.39, 0.29) is 6.61 Å². The molecule has 0 spiro atoms. The Morgan fingerprint density at radius 3 is 2.86 bits per heavy atom. The Bertz CT molecular complexity index is 813. The van der Waals surface area contributed by atoms with Gasteiger partial charge in [-0.25, -0.2) is 9.97 Å². The van der Waals surface area contributed by atoms with Crippen molar-refractivity contribution in [3.8, 4) is 5.75 Å². The third-order valence-corrected chi connectivity index (χ3v) is 3.79. The van der Waals surface area contributed by atoms with Crippen LogP contribution in [0.15, 0.2) is 24.4 Å². The molecule has 0 aliphatic carbocycles. The number of aryl methyl sites for hydroxylation is 2. The van der Waals surface area contributed by atoms with E-state index >= 15 is 0 Å². The second-order valence-electron chi connectivity index (χ2n) is 4.92. The van der Waals surface area contributed by atoms with Crippen LogP contribution in [0, 0.1) is 13.8 Å². The van der Waals surface area contributed by atoms with E-state index in [9.17, 15) is 0 Å². The van der Waals surface area contributed by atoms with Crippen LogP contribution in [-0.2, 0) is 13.7 Å². The number of hydrogen-bond donors (Lipinski definition) is 0. The molecule has 0 amide bonds. The predicted molar refractivity (Wildman–Crippen MR) is 81.6 cm³/mol. The Morgan fingerprint density at radius 2 is 2.05 bits per heavy atom. The lowest BCUT2D eigenvalue weighted by atomic mass is 10.1. The van der Waals surface area contributed by atoms with Crippen LogP contribution in [0.25, 0.3) is 11.0 Å². The maximum absolute atomic E-state index is 6.15. The quantitative estimate of drug-likeness (QED) is 0.697. The fourth-order valence-electron chi connectivity index (χ4n) is 2.12. The maximum atomic E-state index is 6.15. The van der Waals surface area contributed by atoms with Crippen molar-refractivity contribution in [2.24, 2.45) is 7.05 Å². The molecule has 0 saturated heterocycles. The number of rotatable bonds is 3. The summed E-state index contributed by atoms with van der Waals surface area (Å²) < 4.78 is 7.48. The van der Waals surface area contributed by atoms with Gasteiger partial charge >= 0.3 is 0 Å². The lowest BCUT2D eigenvalue weighted by Crippen LogP contribution is -2.04. The minimum absolute atomic E-state index is 0.269. The molecule has 0 bridgehead atoms. The summed E-state index contributed by atoms with van der Waals surface area (Å²) in [5.74, 6) is 1.37. The van der Waals surface area contributed by atoms with Gasteiger partial charge in [-0.15, -0.1) is 0 Å². The van der Waals surface area contributed by atoms with E-state index < -0.39 is 0 Å². The summed E-state index contributed by atoms with van der Waals surface area (Å²) in [5.41, 5.74) is 3.01. The van der Waals surface area contributed by atoms with Gasteiger partial charge < -0.3 is 4.74 Å². The van der Waals surface area contributed by atoms with Crippen molar-refractivity contribution in [3.63, 3.8) is 0 Å². The zero-order chi connectivity index (χ0) is 15.0. The molecular formula is C15H15ClN4O. The lowest BCUT2D eigenvalue weighted by molar-refractivity contribution is 0.294. The number of benzene rings is 1. The highest BCUT2D eigenvalue weighted by Crippen LogP contribution is 2.23. The van der Waals surface area contributed by atoms with E-state index in [0.29, 0.717) is 16.6 Å². The lowest BCUT2D eigenvalue weighted by Gasteiger charge is -2.10. The molecule has 0 atom stereocenters. The Labute approximate surface area is 127 Å². The van der Waals surface area contributed by atoms with Gasteiger partial charge in [-0.2, -0.15) is 5.10 Å². The van der Waals surface area contributed by atoms with Crippen LogP contribution >= 0.6 is 11.6 Å². The molecule has 0 radical (unpaired) electrons. The SMILES string of the molecule is Cc1cccc(OCc2nc(Cl)c3cnn(C)c3n2)c1C. The minimum atomic E-state index is 0.269. The fourth-order valence-corrected chi connectivity index (χ4v) is 2.35. The van der Waals surface area contributed by atoms with Gasteiger partial charge in [0.2, 0.25) is 0 Å². The van der Waals surface area contributed by atoms with Crippen LogP contribution in [0.2, 0.25) is 5.15 Å². The third kappa shape index (κ3) is 2.56. The Hall–Kier alpha value is -2.14. The van der Waals surface area contributed by atoms with Crippen LogP contribution in [0.1, 0.15) is 17.0 Å². The van der Waals surface area contributed by atoms with Crippen molar-refractivity contribution in [1.82, 2.24) is 19.7 Å². The van der Waals surface area contributed by atoms with Gasteiger partial charge in [0.1, 0.15) is 17.5 Å². The third-order valence-electron chi connectivity index (χ3n) is 3.50. The number of nitrogens with zero attached hydrogens (tertiary/aromatic N) is 4. The number of hydrogen-bond acceptors (Lipinski definition) is 4. The standard InChI is InChI=1S/C15H15ClN4O/c1-9-5-4-6-12(10(9)2)21-8-13-18-14(16)11-7-17-20(3)15(11)19-13/h4-7H,8H2,1-3H3. The predicted octanol–water partition coefficient (Wildman–Crippen LogP) is 3.21. The van der Waals surface area contributed by atoms with Gasteiger partial charge in [-0.05, 0) is 31.0 Å². The molecule has 5 nitrogen and oxygen atoms in total. The second kappa shape index (κ2) is 5.33. The Morgan fingerprint density at radius 1 is 1.24 bits per heavy atom. The van der Waals surface area contributed by atoms with E-state index in [1.54, 1.807) is 10.9 Å². The van der Waals surface area contributed by atoms with Crippen LogP contribution in [0.3, 0.4) is 0 Å². The van der Waals surface area contributed by atoms with Gasteiger partial charge in [0.25, 0.3) is 0 Å². The van der Waals surface area contributed by atoms with Crippen molar-refractivity contribution < 1.29 is 4.74 Å². The van der Waals surface area contributed by atoms with Crippen molar-refractivity contribution >= 4 is 22.6 Å². The van der Waals surface area contributed by atoms with Gasteiger partial charge in [-0.3, -0.25) is 4.68 Å². The highest BCUT2D eigenvalue weighted by atomic mass is 35.5. The number of aromatic nitrogens is 4. The Kier molecular flexibility index (Phi) is 3.51. The first-order chi connectivity index (χ1) is 10.1.